The van der Waals surface area contributed by atoms with E-state index in [9.17, 15) is 4.79 Å². The molecule has 0 rings (SSSR count). The Balaban J connectivity index is 3.18. The fraction of sp³-hybridized carbons (Fsp3) is 0.682. The first-order chi connectivity index (χ1) is 11.8. The molecule has 0 aromatic heterocycles. The van der Waals surface area contributed by atoms with E-state index in [1.165, 1.54) is 51.4 Å². The van der Waals surface area contributed by atoms with E-state index < -0.39 is 0 Å². The molecule has 0 aromatic rings. The summed E-state index contributed by atoms with van der Waals surface area (Å²) in [6.07, 6.45) is 30.0. The lowest BCUT2D eigenvalue weighted by Gasteiger charge is -2.01. The Bertz CT molecular complexity index is 355. The fourth-order valence-corrected chi connectivity index (χ4v) is 2.63. The number of carbonyl (C=O) groups excluding carboxylic acids is 1. The SMILES string of the molecule is CC/C=C\C/C=C\C/C=C\CCCCCCCCCCCC(N)=O. The van der Waals surface area contributed by atoms with Crippen molar-refractivity contribution >= 4 is 5.91 Å². The molecule has 0 fully saturated rings. The minimum Gasteiger partial charge on any atom is -0.370 e. The normalized spacial score (nSPS) is 12.0. The zero-order chi connectivity index (χ0) is 17.7. The molecule has 0 aliphatic rings. The minimum atomic E-state index is -0.163. The number of carbonyl (C=O) groups is 1. The maximum Gasteiger partial charge on any atom is 0.217 e. The van der Waals surface area contributed by atoms with Crippen molar-refractivity contribution < 1.29 is 4.79 Å². The minimum absolute atomic E-state index is 0.163. The van der Waals surface area contributed by atoms with Gasteiger partial charge in [-0.2, -0.15) is 0 Å². The first kappa shape index (κ1) is 22.7. The summed E-state index contributed by atoms with van der Waals surface area (Å²) in [4.78, 5) is 10.6. The Morgan fingerprint density at radius 1 is 0.667 bits per heavy atom. The summed E-state index contributed by atoms with van der Waals surface area (Å²) in [5.74, 6) is -0.163. The van der Waals surface area contributed by atoms with Gasteiger partial charge in [-0.25, -0.2) is 0 Å². The zero-order valence-corrected chi connectivity index (χ0v) is 15.8. The van der Waals surface area contributed by atoms with Gasteiger partial charge in [0.2, 0.25) is 5.91 Å². The number of unbranched alkanes of at least 4 members (excludes halogenated alkanes) is 9. The van der Waals surface area contributed by atoms with E-state index in [1.54, 1.807) is 0 Å². The van der Waals surface area contributed by atoms with Crippen LogP contribution in [0, 0.1) is 0 Å². The third-order valence-corrected chi connectivity index (χ3v) is 4.07. The van der Waals surface area contributed by atoms with Gasteiger partial charge >= 0.3 is 0 Å². The fourth-order valence-electron chi connectivity index (χ4n) is 2.63. The summed E-state index contributed by atoms with van der Waals surface area (Å²) < 4.78 is 0. The zero-order valence-electron chi connectivity index (χ0n) is 15.8. The molecule has 0 radical (unpaired) electrons. The van der Waals surface area contributed by atoms with Crippen LogP contribution in [-0.4, -0.2) is 5.91 Å². The van der Waals surface area contributed by atoms with E-state index in [1.807, 2.05) is 0 Å². The van der Waals surface area contributed by atoms with Gasteiger partial charge in [-0.05, 0) is 38.5 Å². The maximum atomic E-state index is 10.6. The lowest BCUT2D eigenvalue weighted by molar-refractivity contribution is -0.118. The lowest BCUT2D eigenvalue weighted by Crippen LogP contribution is -2.09. The summed E-state index contributed by atoms with van der Waals surface area (Å²) in [6.45, 7) is 2.16. The van der Waals surface area contributed by atoms with Crippen LogP contribution < -0.4 is 5.73 Å². The number of allylic oxidation sites excluding steroid dienone is 6. The van der Waals surface area contributed by atoms with E-state index in [0.717, 1.165) is 32.1 Å². The Labute approximate surface area is 150 Å². The van der Waals surface area contributed by atoms with Crippen LogP contribution in [0.2, 0.25) is 0 Å². The molecule has 0 aliphatic heterocycles. The molecular weight excluding hydrogens is 294 g/mol. The highest BCUT2D eigenvalue weighted by atomic mass is 16.1. The molecule has 0 atom stereocenters. The molecule has 1 amide bonds. The Hall–Kier alpha value is -1.31. The molecule has 138 valence electrons. The Kier molecular flexibility index (Phi) is 18.7. The van der Waals surface area contributed by atoms with Gasteiger partial charge < -0.3 is 5.73 Å². The van der Waals surface area contributed by atoms with Crippen molar-refractivity contribution in [2.45, 2.75) is 96.8 Å². The van der Waals surface area contributed by atoms with Gasteiger partial charge in [0.15, 0.2) is 0 Å². The average Bonchev–Trinajstić information content (AvgIpc) is 2.56. The smallest absolute Gasteiger partial charge is 0.217 e. The van der Waals surface area contributed by atoms with E-state index >= 15 is 0 Å². The highest BCUT2D eigenvalue weighted by Gasteiger charge is 1.95. The number of hydrogen-bond acceptors (Lipinski definition) is 1. The van der Waals surface area contributed by atoms with Crippen molar-refractivity contribution in [3.63, 3.8) is 0 Å². The molecule has 0 heterocycles. The van der Waals surface area contributed by atoms with E-state index in [-0.39, 0.29) is 5.91 Å². The quantitative estimate of drug-likeness (QED) is 0.236. The van der Waals surface area contributed by atoms with Crippen molar-refractivity contribution in [3.8, 4) is 0 Å². The van der Waals surface area contributed by atoms with E-state index in [2.05, 4.69) is 43.4 Å². The molecular formula is C22H39NO. The number of nitrogens with two attached hydrogens (primary N) is 1. The summed E-state index contributed by atoms with van der Waals surface area (Å²) in [5.41, 5.74) is 5.12. The second kappa shape index (κ2) is 19.7. The highest BCUT2D eigenvalue weighted by molar-refractivity contribution is 5.73. The van der Waals surface area contributed by atoms with E-state index in [4.69, 9.17) is 5.73 Å². The van der Waals surface area contributed by atoms with Crippen molar-refractivity contribution in [1.29, 1.82) is 0 Å². The molecule has 2 N–H and O–H groups in total. The van der Waals surface area contributed by atoms with Crippen LogP contribution in [0.15, 0.2) is 36.5 Å². The molecule has 0 spiro atoms. The molecule has 0 unspecified atom stereocenters. The van der Waals surface area contributed by atoms with Crippen molar-refractivity contribution in [3.05, 3.63) is 36.5 Å². The standard InChI is InChI=1S/C22H39NO/c1-2-3-4-5-6-7-8-9-10-11-12-13-14-15-16-17-18-19-20-21-22(23)24/h3-4,6-7,9-10H,2,5,8,11-21H2,1H3,(H2,23,24)/b4-3-,7-6-,10-9-. The third-order valence-electron chi connectivity index (χ3n) is 4.07. The maximum absolute atomic E-state index is 10.6. The molecule has 2 nitrogen and oxygen atoms in total. The van der Waals surface area contributed by atoms with Gasteiger partial charge in [0.1, 0.15) is 0 Å². The summed E-state index contributed by atoms with van der Waals surface area (Å²) >= 11 is 0. The Morgan fingerprint density at radius 2 is 1.12 bits per heavy atom. The van der Waals surface area contributed by atoms with Gasteiger partial charge in [0, 0.05) is 6.42 Å². The third kappa shape index (κ3) is 20.7. The van der Waals surface area contributed by atoms with Crippen molar-refractivity contribution in [2.75, 3.05) is 0 Å². The van der Waals surface area contributed by atoms with Crippen molar-refractivity contribution in [2.24, 2.45) is 5.73 Å². The van der Waals surface area contributed by atoms with Gasteiger partial charge in [-0.3, -0.25) is 4.79 Å². The van der Waals surface area contributed by atoms with Crippen LogP contribution in [0.25, 0.3) is 0 Å². The van der Waals surface area contributed by atoms with Crippen LogP contribution in [0.1, 0.15) is 96.8 Å². The van der Waals surface area contributed by atoms with Gasteiger partial charge in [0.05, 0.1) is 0 Å². The van der Waals surface area contributed by atoms with Crippen LogP contribution in [0.5, 0.6) is 0 Å². The number of rotatable bonds is 17. The first-order valence-corrected chi connectivity index (χ1v) is 10.0. The molecule has 0 saturated carbocycles. The molecule has 0 aliphatic carbocycles. The van der Waals surface area contributed by atoms with Crippen LogP contribution in [0.3, 0.4) is 0 Å². The van der Waals surface area contributed by atoms with Crippen LogP contribution in [0.4, 0.5) is 0 Å². The number of hydrogen-bond donors (Lipinski definition) is 1. The largest absolute Gasteiger partial charge is 0.370 e. The summed E-state index contributed by atoms with van der Waals surface area (Å²) in [6, 6.07) is 0. The summed E-state index contributed by atoms with van der Waals surface area (Å²) in [5, 5.41) is 0. The highest BCUT2D eigenvalue weighted by Crippen LogP contribution is 2.11. The monoisotopic (exact) mass is 333 g/mol. The molecule has 24 heavy (non-hydrogen) atoms. The van der Waals surface area contributed by atoms with Crippen LogP contribution in [-0.2, 0) is 4.79 Å². The van der Waals surface area contributed by atoms with Gasteiger partial charge in [-0.1, -0.05) is 88.3 Å². The van der Waals surface area contributed by atoms with E-state index in [0.29, 0.717) is 6.42 Å². The average molecular weight is 334 g/mol. The first-order valence-electron chi connectivity index (χ1n) is 10.0. The molecule has 0 saturated heterocycles. The second-order valence-electron chi connectivity index (χ2n) is 6.48. The lowest BCUT2D eigenvalue weighted by atomic mass is 10.1. The van der Waals surface area contributed by atoms with Crippen molar-refractivity contribution in [1.82, 2.24) is 0 Å². The van der Waals surface area contributed by atoms with Crippen LogP contribution >= 0.6 is 0 Å². The number of amides is 1. The second-order valence-corrected chi connectivity index (χ2v) is 6.48. The topological polar surface area (TPSA) is 43.1 Å². The molecule has 0 bridgehead atoms. The van der Waals surface area contributed by atoms with Gasteiger partial charge in [-0.15, -0.1) is 0 Å². The predicted octanol–water partition coefficient (Wildman–Crippen LogP) is 6.62. The summed E-state index contributed by atoms with van der Waals surface area (Å²) in [7, 11) is 0. The predicted molar refractivity (Wildman–Crippen MR) is 107 cm³/mol. The number of primary amides is 1. The van der Waals surface area contributed by atoms with Gasteiger partial charge in [0.25, 0.3) is 0 Å². The Morgan fingerprint density at radius 3 is 1.67 bits per heavy atom. The molecule has 0 aromatic carbocycles. The molecule has 2 heteroatoms.